The third-order valence-electron chi connectivity index (χ3n) is 3.51. The number of hydrogen-bond acceptors (Lipinski definition) is 3. The number of aromatic nitrogens is 1. The van der Waals surface area contributed by atoms with E-state index >= 15 is 0 Å². The van der Waals surface area contributed by atoms with Crippen LogP contribution in [-0.2, 0) is 6.61 Å². The summed E-state index contributed by atoms with van der Waals surface area (Å²) in [5, 5.41) is 11.7. The van der Waals surface area contributed by atoms with Gasteiger partial charge >= 0.3 is 51.4 Å². The molecule has 0 aliphatic carbocycles. The molecule has 1 N–H and O–H groups in total. The number of H-pyrrole nitrogens is 1. The molecular weight excluding hydrogens is 324 g/mol. The molecule has 0 radical (unpaired) electrons. The number of rotatable bonds is 4. The van der Waals surface area contributed by atoms with Gasteiger partial charge in [-0.05, 0) is 25.1 Å². The normalized spacial score (nSPS) is 10.3. The van der Waals surface area contributed by atoms with E-state index in [0.717, 1.165) is 0 Å². The quantitative estimate of drug-likeness (QED) is 0.657. The summed E-state index contributed by atoms with van der Waals surface area (Å²) < 4.78 is 19.1. The van der Waals surface area contributed by atoms with E-state index in [-0.39, 0.29) is 69.4 Å². The first-order valence-electron chi connectivity index (χ1n) is 6.76. The maximum Gasteiger partial charge on any atom is 1.00 e. The van der Waals surface area contributed by atoms with Gasteiger partial charge in [0.1, 0.15) is 18.2 Å². The Kier molecular flexibility index (Phi) is 5.99. The van der Waals surface area contributed by atoms with Crippen LogP contribution in [0.25, 0.3) is 10.9 Å². The number of carboxylic acid groups (broad SMARTS) is 1. The Hall–Kier alpha value is -1.18. The Labute approximate surface area is 175 Å². The summed E-state index contributed by atoms with van der Waals surface area (Å²) in [7, 11) is 0. The van der Waals surface area contributed by atoms with E-state index in [0.29, 0.717) is 27.9 Å². The van der Waals surface area contributed by atoms with Crippen molar-refractivity contribution in [3.05, 3.63) is 65.1 Å². The number of aromatic carboxylic acids is 1. The van der Waals surface area contributed by atoms with E-state index in [1.807, 2.05) is 0 Å². The summed E-state index contributed by atoms with van der Waals surface area (Å²) in [5.41, 5.74) is 1.78. The standard InChI is InChI=1S/C17H14FNO3.K/c1-10-16(17(20)21)13-7-6-12(8-15(13)19-10)22-9-11-4-2-3-5-14(11)18;/h2-8,19H,9H2,1H3,(H,20,21);/q;+1/p-1. The van der Waals surface area contributed by atoms with Gasteiger partial charge in [0.25, 0.3) is 0 Å². The van der Waals surface area contributed by atoms with Gasteiger partial charge in [0, 0.05) is 33.8 Å². The summed E-state index contributed by atoms with van der Waals surface area (Å²) in [4.78, 5) is 14.1. The van der Waals surface area contributed by atoms with Crippen LogP contribution in [0, 0.1) is 12.7 Å². The largest absolute Gasteiger partial charge is 1.00 e. The van der Waals surface area contributed by atoms with Gasteiger partial charge < -0.3 is 19.6 Å². The van der Waals surface area contributed by atoms with Crippen molar-refractivity contribution >= 4 is 16.9 Å². The molecule has 0 atom stereocenters. The average molecular weight is 337 g/mol. The topological polar surface area (TPSA) is 65.2 Å². The number of nitrogens with one attached hydrogen (secondary N) is 1. The molecule has 0 saturated heterocycles. The van der Waals surface area contributed by atoms with Gasteiger partial charge in [-0.3, -0.25) is 0 Å². The Bertz CT molecular complexity index is 860. The van der Waals surface area contributed by atoms with Crippen molar-refractivity contribution in [2.24, 2.45) is 0 Å². The number of hydrogen-bond donors (Lipinski definition) is 1. The maximum atomic E-state index is 13.5. The number of ether oxygens (including phenoxy) is 1. The van der Waals surface area contributed by atoms with Crippen molar-refractivity contribution < 1.29 is 70.4 Å². The number of fused-ring (bicyclic) bond motifs is 1. The number of carbonyl (C=O) groups is 1. The summed E-state index contributed by atoms with van der Waals surface area (Å²) >= 11 is 0. The van der Waals surface area contributed by atoms with Gasteiger partial charge in [0.15, 0.2) is 0 Å². The first-order valence-corrected chi connectivity index (χ1v) is 6.76. The molecule has 4 nitrogen and oxygen atoms in total. The van der Waals surface area contributed by atoms with Crippen molar-refractivity contribution in [2.45, 2.75) is 13.5 Å². The van der Waals surface area contributed by atoms with E-state index in [2.05, 4.69) is 4.98 Å². The minimum atomic E-state index is -1.22. The van der Waals surface area contributed by atoms with E-state index in [1.165, 1.54) is 6.07 Å². The third-order valence-corrected chi connectivity index (χ3v) is 3.51. The van der Waals surface area contributed by atoms with Crippen molar-refractivity contribution in [3.8, 4) is 5.75 Å². The first kappa shape index (κ1) is 18.2. The van der Waals surface area contributed by atoms with E-state index in [1.54, 1.807) is 43.3 Å². The molecule has 0 spiro atoms. The summed E-state index contributed by atoms with van der Waals surface area (Å²) in [6.07, 6.45) is 0. The fourth-order valence-corrected chi connectivity index (χ4v) is 2.44. The monoisotopic (exact) mass is 337 g/mol. The summed E-state index contributed by atoms with van der Waals surface area (Å²) in [6.45, 7) is 1.77. The van der Waals surface area contributed by atoms with Crippen LogP contribution in [0.4, 0.5) is 4.39 Å². The molecular formula is C17H13FKNO3. The van der Waals surface area contributed by atoms with Crippen LogP contribution in [-0.4, -0.2) is 11.0 Å². The van der Waals surface area contributed by atoms with Crippen molar-refractivity contribution in [1.29, 1.82) is 0 Å². The molecule has 2 aromatic carbocycles. The zero-order valence-electron chi connectivity index (χ0n) is 12.9. The van der Waals surface area contributed by atoms with Gasteiger partial charge in [-0.2, -0.15) is 0 Å². The number of benzene rings is 2. The van der Waals surface area contributed by atoms with Crippen molar-refractivity contribution in [1.82, 2.24) is 4.98 Å². The SMILES string of the molecule is Cc1[nH]c2cc(OCc3ccccc3F)ccc2c1C(=O)[O-].[K+]. The first-order chi connectivity index (χ1) is 10.6. The summed E-state index contributed by atoms with van der Waals surface area (Å²) in [6, 6.07) is 11.4. The third kappa shape index (κ3) is 3.84. The minimum Gasteiger partial charge on any atom is -0.545 e. The predicted molar refractivity (Wildman–Crippen MR) is 78.1 cm³/mol. The fraction of sp³-hybridized carbons (Fsp3) is 0.118. The molecule has 1 aromatic heterocycles. The molecule has 0 bridgehead atoms. The maximum absolute atomic E-state index is 13.5. The molecule has 0 saturated carbocycles. The van der Waals surface area contributed by atoms with Crippen molar-refractivity contribution in [2.75, 3.05) is 0 Å². The second-order valence-electron chi connectivity index (χ2n) is 5.00. The number of carboxylic acids is 1. The zero-order valence-corrected chi connectivity index (χ0v) is 16.0. The van der Waals surface area contributed by atoms with Crippen LogP contribution in [0.5, 0.6) is 5.75 Å². The summed E-state index contributed by atoms with van der Waals surface area (Å²) in [5.74, 6) is -1.01. The fourth-order valence-electron chi connectivity index (χ4n) is 2.44. The second kappa shape index (κ2) is 7.59. The zero-order chi connectivity index (χ0) is 15.7. The van der Waals surface area contributed by atoms with Crippen LogP contribution >= 0.6 is 0 Å². The van der Waals surface area contributed by atoms with Crippen LogP contribution in [0.1, 0.15) is 21.6 Å². The van der Waals surface area contributed by atoms with E-state index in [9.17, 15) is 14.3 Å². The number of aromatic amines is 1. The van der Waals surface area contributed by atoms with Gasteiger partial charge in [-0.25, -0.2) is 4.39 Å². The number of aryl methyl sites for hydroxylation is 1. The van der Waals surface area contributed by atoms with Gasteiger partial charge in [0.2, 0.25) is 0 Å². The molecule has 112 valence electrons. The smallest absolute Gasteiger partial charge is 0.545 e. The molecule has 6 heteroatoms. The molecule has 3 rings (SSSR count). The van der Waals surface area contributed by atoms with Crippen molar-refractivity contribution in [3.63, 3.8) is 0 Å². The van der Waals surface area contributed by atoms with Crippen LogP contribution in [0.2, 0.25) is 0 Å². The van der Waals surface area contributed by atoms with Crippen LogP contribution in [0.15, 0.2) is 42.5 Å². The van der Waals surface area contributed by atoms with Gasteiger partial charge in [0.05, 0.1) is 5.97 Å². The van der Waals surface area contributed by atoms with E-state index in [4.69, 9.17) is 4.74 Å². The molecule has 0 unspecified atom stereocenters. The molecule has 0 fully saturated rings. The number of halogens is 1. The molecule has 1 heterocycles. The van der Waals surface area contributed by atoms with Crippen LogP contribution < -0.4 is 61.2 Å². The van der Waals surface area contributed by atoms with Gasteiger partial charge in [-0.1, -0.05) is 18.2 Å². The Morgan fingerprint density at radius 1 is 1.26 bits per heavy atom. The molecule has 3 aromatic rings. The number of carbonyl (C=O) groups excluding carboxylic acids is 1. The average Bonchev–Trinajstić information content (AvgIpc) is 2.81. The molecule has 0 aliphatic heterocycles. The Balaban J connectivity index is 0.00000192. The molecule has 0 amide bonds. The second-order valence-corrected chi connectivity index (χ2v) is 5.00. The van der Waals surface area contributed by atoms with Gasteiger partial charge in [-0.15, -0.1) is 0 Å². The van der Waals surface area contributed by atoms with E-state index < -0.39 is 5.97 Å². The molecule has 23 heavy (non-hydrogen) atoms. The Morgan fingerprint density at radius 3 is 2.70 bits per heavy atom. The van der Waals surface area contributed by atoms with Crippen LogP contribution in [0.3, 0.4) is 0 Å². The Morgan fingerprint density at radius 2 is 2.00 bits per heavy atom. The molecule has 0 aliphatic rings. The predicted octanol–water partition coefficient (Wildman–Crippen LogP) is -0.438. The minimum absolute atomic E-state index is 0.